The highest BCUT2D eigenvalue weighted by molar-refractivity contribution is 9.10. The van der Waals surface area contributed by atoms with Gasteiger partial charge in [0.1, 0.15) is 0 Å². The third-order valence-corrected chi connectivity index (χ3v) is 6.76. The minimum Gasteiger partial charge on any atom is -0.285 e. The maximum atomic E-state index is 13.1. The van der Waals surface area contributed by atoms with E-state index in [1.54, 1.807) is 36.4 Å². The third-order valence-electron chi connectivity index (χ3n) is 4.84. The molecule has 1 aromatic heterocycles. The Morgan fingerprint density at radius 3 is 2.43 bits per heavy atom. The molecule has 7 nitrogen and oxygen atoms in total. The van der Waals surface area contributed by atoms with Gasteiger partial charge < -0.3 is 0 Å². The van der Waals surface area contributed by atoms with Crippen LogP contribution < -0.4 is 10.3 Å². The van der Waals surface area contributed by atoms with Gasteiger partial charge in [0.05, 0.1) is 27.0 Å². The number of nitrogens with zero attached hydrogens (tertiary/aromatic N) is 2. The average Bonchev–Trinajstić information content (AvgIpc) is 3.01. The van der Waals surface area contributed by atoms with Crippen LogP contribution in [0.4, 0.5) is 5.69 Å². The van der Waals surface area contributed by atoms with Crippen LogP contribution in [0, 0.1) is 0 Å². The topological polar surface area (TPSA) is 98.1 Å². The molecule has 0 fully saturated rings. The number of sulfonamides is 1. The molecule has 0 spiro atoms. The first-order valence-electron chi connectivity index (χ1n) is 8.84. The summed E-state index contributed by atoms with van der Waals surface area (Å²) in [4.78, 5) is 30.2. The van der Waals surface area contributed by atoms with Crippen molar-refractivity contribution < 1.29 is 13.2 Å². The minimum absolute atomic E-state index is 0.0527. The van der Waals surface area contributed by atoms with E-state index in [1.807, 2.05) is 0 Å². The highest BCUT2D eigenvalue weighted by Crippen LogP contribution is 2.27. The summed E-state index contributed by atoms with van der Waals surface area (Å²) in [6.45, 7) is 0. The van der Waals surface area contributed by atoms with Crippen LogP contribution in [0.15, 0.2) is 80.9 Å². The molecule has 0 amide bonds. The molecular weight excluding hydrogens is 470 g/mol. The van der Waals surface area contributed by atoms with Crippen LogP contribution in [0.2, 0.25) is 0 Å². The van der Waals surface area contributed by atoms with Gasteiger partial charge in [-0.15, -0.1) is 0 Å². The summed E-state index contributed by atoms with van der Waals surface area (Å²) < 4.78 is 29.8. The first-order chi connectivity index (χ1) is 14.3. The maximum Gasteiger partial charge on any atom is 0.266 e. The van der Waals surface area contributed by atoms with Crippen LogP contribution in [-0.2, 0) is 10.0 Å². The molecule has 30 heavy (non-hydrogen) atoms. The molecule has 0 saturated heterocycles. The number of hydrogen-bond donors (Lipinski definition) is 1. The van der Waals surface area contributed by atoms with Gasteiger partial charge in [-0.2, -0.15) is 0 Å². The number of hydrogen-bond acceptors (Lipinski definition) is 5. The van der Waals surface area contributed by atoms with Crippen LogP contribution in [0.1, 0.15) is 16.2 Å². The lowest BCUT2D eigenvalue weighted by Gasteiger charge is -2.10. The minimum atomic E-state index is -3.83. The second-order valence-electron chi connectivity index (χ2n) is 6.71. The third kappa shape index (κ3) is 2.86. The molecule has 0 saturated carbocycles. The van der Waals surface area contributed by atoms with E-state index in [2.05, 4.69) is 25.6 Å². The van der Waals surface area contributed by atoms with Crippen LogP contribution in [0.5, 0.6) is 0 Å². The largest absolute Gasteiger partial charge is 0.285 e. The fourth-order valence-corrected chi connectivity index (χ4v) is 4.75. The molecule has 0 atom stereocenters. The number of halogens is 1. The predicted molar refractivity (Wildman–Crippen MR) is 116 cm³/mol. The highest BCUT2D eigenvalue weighted by atomic mass is 79.9. The first kappa shape index (κ1) is 18.7. The molecule has 1 aliphatic heterocycles. The highest BCUT2D eigenvalue weighted by Gasteiger charge is 2.30. The fourth-order valence-electron chi connectivity index (χ4n) is 3.43. The number of benzene rings is 3. The number of ketones is 1. The van der Waals surface area contributed by atoms with Crippen molar-refractivity contribution in [3.8, 4) is 5.69 Å². The molecule has 2 heterocycles. The van der Waals surface area contributed by atoms with Gasteiger partial charge in [-0.3, -0.25) is 18.9 Å². The molecule has 0 radical (unpaired) electrons. The fraction of sp³-hybridized carbons (Fsp3) is 0. The Morgan fingerprint density at radius 2 is 1.67 bits per heavy atom. The lowest BCUT2D eigenvalue weighted by molar-refractivity contribution is 0.103. The van der Waals surface area contributed by atoms with Crippen molar-refractivity contribution in [1.82, 2.24) is 9.55 Å². The van der Waals surface area contributed by atoms with E-state index in [-0.39, 0.29) is 27.6 Å². The van der Waals surface area contributed by atoms with E-state index in [1.165, 1.54) is 34.9 Å². The summed E-state index contributed by atoms with van der Waals surface area (Å²) in [5.41, 5.74) is 0.991. The smallest absolute Gasteiger partial charge is 0.266 e. The summed E-state index contributed by atoms with van der Waals surface area (Å²) in [7, 11) is -3.83. The average molecular weight is 482 g/mol. The van der Waals surface area contributed by atoms with E-state index in [0.717, 1.165) is 4.47 Å². The molecule has 148 valence electrons. The molecular formula is C21H12BrN3O4S. The molecule has 0 aliphatic carbocycles. The SMILES string of the molecule is O=C1c2ccccc2-n2c1nc1ccc(NS(=O)(=O)c3ccc(Br)cc3)cc1c2=O. The van der Waals surface area contributed by atoms with Crippen molar-refractivity contribution in [1.29, 1.82) is 0 Å². The van der Waals surface area contributed by atoms with Crippen LogP contribution in [-0.4, -0.2) is 23.8 Å². The van der Waals surface area contributed by atoms with Gasteiger partial charge in [0.15, 0.2) is 5.82 Å². The van der Waals surface area contributed by atoms with Gasteiger partial charge in [0, 0.05) is 10.2 Å². The number of anilines is 1. The van der Waals surface area contributed by atoms with Crippen molar-refractivity contribution in [2.24, 2.45) is 0 Å². The molecule has 1 aliphatic rings. The lowest BCUT2D eigenvalue weighted by atomic mass is 10.1. The number of carbonyl (C=O) groups excluding carboxylic acids is 1. The Labute approximate surface area is 179 Å². The predicted octanol–water partition coefficient (Wildman–Crippen LogP) is 3.49. The number of fused-ring (bicyclic) bond motifs is 4. The monoisotopic (exact) mass is 481 g/mol. The Balaban J connectivity index is 1.63. The molecule has 3 aromatic carbocycles. The van der Waals surface area contributed by atoms with Crippen LogP contribution in [0.3, 0.4) is 0 Å². The second-order valence-corrected chi connectivity index (χ2v) is 9.31. The number of para-hydroxylation sites is 1. The number of aromatic nitrogens is 2. The van der Waals surface area contributed by atoms with Crippen molar-refractivity contribution in [3.05, 3.63) is 92.9 Å². The van der Waals surface area contributed by atoms with Crippen molar-refractivity contribution in [2.45, 2.75) is 4.90 Å². The van der Waals surface area contributed by atoms with Gasteiger partial charge in [-0.1, -0.05) is 28.1 Å². The summed E-state index contributed by atoms with van der Waals surface area (Å²) in [5, 5.41) is 0.208. The molecule has 9 heteroatoms. The van der Waals surface area contributed by atoms with Gasteiger partial charge in [-0.05, 0) is 54.6 Å². The zero-order valence-electron chi connectivity index (χ0n) is 15.2. The summed E-state index contributed by atoms with van der Waals surface area (Å²) in [6.07, 6.45) is 0. The van der Waals surface area contributed by atoms with Gasteiger partial charge in [-0.25, -0.2) is 13.4 Å². The molecule has 0 unspecified atom stereocenters. The van der Waals surface area contributed by atoms with Crippen molar-refractivity contribution in [3.63, 3.8) is 0 Å². The Hall–Kier alpha value is -3.30. The molecule has 0 bridgehead atoms. The standard InChI is InChI=1S/C21H12BrN3O4S/c22-12-5-8-14(9-6-12)30(28,29)24-13-7-10-17-16(11-13)21(27)25-18-4-2-1-3-15(18)19(26)20(25)23-17/h1-11,24H. The summed E-state index contributed by atoms with van der Waals surface area (Å²) >= 11 is 3.27. The Bertz CT molecular complexity index is 1530. The Kier molecular flexibility index (Phi) is 4.12. The van der Waals surface area contributed by atoms with E-state index in [4.69, 9.17) is 0 Å². The van der Waals surface area contributed by atoms with E-state index in [9.17, 15) is 18.0 Å². The zero-order valence-corrected chi connectivity index (χ0v) is 17.6. The number of carbonyl (C=O) groups is 1. The van der Waals surface area contributed by atoms with Crippen molar-refractivity contribution in [2.75, 3.05) is 4.72 Å². The van der Waals surface area contributed by atoms with Crippen LogP contribution in [0.25, 0.3) is 16.6 Å². The maximum absolute atomic E-state index is 13.1. The molecule has 4 aromatic rings. The van der Waals surface area contributed by atoms with E-state index < -0.39 is 15.6 Å². The number of rotatable bonds is 3. The lowest BCUT2D eigenvalue weighted by Crippen LogP contribution is -2.22. The second kappa shape index (κ2) is 6.61. The van der Waals surface area contributed by atoms with E-state index >= 15 is 0 Å². The van der Waals surface area contributed by atoms with Gasteiger partial charge >= 0.3 is 0 Å². The number of nitrogens with one attached hydrogen (secondary N) is 1. The molecule has 5 rings (SSSR count). The van der Waals surface area contributed by atoms with Gasteiger partial charge in [0.2, 0.25) is 5.78 Å². The van der Waals surface area contributed by atoms with E-state index in [0.29, 0.717) is 16.8 Å². The van der Waals surface area contributed by atoms with Gasteiger partial charge in [0.25, 0.3) is 15.6 Å². The first-order valence-corrected chi connectivity index (χ1v) is 11.1. The Morgan fingerprint density at radius 1 is 0.933 bits per heavy atom. The van der Waals surface area contributed by atoms with Crippen molar-refractivity contribution >= 4 is 48.3 Å². The quantitative estimate of drug-likeness (QED) is 0.425. The molecule has 1 N–H and O–H groups in total. The van der Waals surface area contributed by atoms with Crippen LogP contribution >= 0.6 is 15.9 Å². The summed E-state index contributed by atoms with van der Waals surface area (Å²) in [6, 6.07) is 17.4. The zero-order chi connectivity index (χ0) is 21.0. The normalized spacial score (nSPS) is 12.6. The summed E-state index contributed by atoms with van der Waals surface area (Å²) in [5.74, 6) is -0.262.